The van der Waals surface area contributed by atoms with Crippen LogP contribution in [-0.4, -0.2) is 34.4 Å². The zero-order valence-electron chi connectivity index (χ0n) is 16.0. The maximum Gasteiger partial charge on any atom is 0.417 e. The van der Waals surface area contributed by atoms with Gasteiger partial charge in [0.2, 0.25) is 0 Å². The Bertz CT molecular complexity index is 1050. The molecule has 2 aromatic rings. The van der Waals surface area contributed by atoms with Gasteiger partial charge in [-0.05, 0) is 37.6 Å². The molecule has 4 rings (SSSR count). The highest BCUT2D eigenvalue weighted by Crippen LogP contribution is 2.49. The smallest absolute Gasteiger partial charge is 0.417 e. The van der Waals surface area contributed by atoms with Crippen LogP contribution in [0.1, 0.15) is 31.4 Å². The fraction of sp³-hybridized carbons (Fsp3) is 0.350. The molecule has 0 fully saturated rings. The fourth-order valence-corrected chi connectivity index (χ4v) is 3.91. The third-order valence-corrected chi connectivity index (χ3v) is 5.20. The number of likely N-dealkylation sites (N-methyl/N-ethyl adjacent to an activating group) is 1. The number of benzene rings is 1. The Balaban J connectivity index is 1.89. The third-order valence-electron chi connectivity index (χ3n) is 5.20. The molecule has 0 saturated heterocycles. The first-order valence-corrected chi connectivity index (χ1v) is 8.93. The predicted octanol–water partition coefficient (Wildman–Crippen LogP) is 3.31. The lowest BCUT2D eigenvalue weighted by Crippen LogP contribution is -2.49. The van der Waals surface area contributed by atoms with Gasteiger partial charge in [0.1, 0.15) is 11.4 Å². The molecule has 9 heteroatoms. The van der Waals surface area contributed by atoms with Crippen molar-refractivity contribution in [3.8, 4) is 16.9 Å². The third kappa shape index (κ3) is 3.01. The molecule has 1 aromatic heterocycles. The number of carbonyl (C=O) groups is 1. The Labute approximate surface area is 165 Å². The number of aliphatic imine (C=N–C) groups is 1. The second kappa shape index (κ2) is 5.95. The van der Waals surface area contributed by atoms with Crippen molar-refractivity contribution in [3.05, 3.63) is 47.8 Å². The topological polar surface area (TPSA) is 80.8 Å². The van der Waals surface area contributed by atoms with Gasteiger partial charge in [0.25, 0.3) is 5.91 Å². The van der Waals surface area contributed by atoms with Crippen LogP contribution in [0.2, 0.25) is 0 Å². The minimum absolute atomic E-state index is 0.0878. The molecule has 1 atom stereocenters. The van der Waals surface area contributed by atoms with Gasteiger partial charge in [-0.1, -0.05) is 6.07 Å². The molecule has 1 aromatic carbocycles. The van der Waals surface area contributed by atoms with E-state index >= 15 is 0 Å². The van der Waals surface area contributed by atoms with Crippen LogP contribution in [0.15, 0.2) is 41.7 Å². The Kier molecular flexibility index (Phi) is 3.94. The summed E-state index contributed by atoms with van der Waals surface area (Å²) in [5.41, 5.74) is 4.33. The van der Waals surface area contributed by atoms with Crippen LogP contribution >= 0.6 is 0 Å². The summed E-state index contributed by atoms with van der Waals surface area (Å²) in [5.74, 6) is 0.238. The molecule has 29 heavy (non-hydrogen) atoms. The van der Waals surface area contributed by atoms with Gasteiger partial charge in [0.15, 0.2) is 11.5 Å². The van der Waals surface area contributed by atoms with Crippen LogP contribution in [0.4, 0.5) is 13.2 Å². The number of halogens is 3. The monoisotopic (exact) mass is 404 g/mol. The van der Waals surface area contributed by atoms with Crippen molar-refractivity contribution in [2.75, 3.05) is 7.05 Å². The number of ether oxygens (including phenoxy) is 1. The lowest BCUT2D eigenvalue weighted by atomic mass is 9.77. The van der Waals surface area contributed by atoms with E-state index < -0.39 is 22.9 Å². The Morgan fingerprint density at radius 2 is 1.90 bits per heavy atom. The van der Waals surface area contributed by atoms with Gasteiger partial charge in [0.05, 0.1) is 5.56 Å². The number of nitrogens with zero attached hydrogens (tertiary/aromatic N) is 3. The zero-order chi connectivity index (χ0) is 21.2. The summed E-state index contributed by atoms with van der Waals surface area (Å²) in [5, 5.41) is 0. The summed E-state index contributed by atoms with van der Waals surface area (Å²) in [7, 11) is 1.54. The van der Waals surface area contributed by atoms with E-state index in [9.17, 15) is 18.0 Å². The maximum absolute atomic E-state index is 13.1. The van der Waals surface area contributed by atoms with E-state index in [1.54, 1.807) is 25.2 Å². The fourth-order valence-electron chi connectivity index (χ4n) is 3.91. The van der Waals surface area contributed by atoms with Crippen molar-refractivity contribution >= 4 is 11.9 Å². The molecule has 2 aliphatic rings. The molecule has 0 aliphatic carbocycles. The van der Waals surface area contributed by atoms with E-state index in [1.807, 2.05) is 13.8 Å². The number of alkyl halides is 3. The second-order valence-electron chi connectivity index (χ2n) is 7.90. The van der Waals surface area contributed by atoms with E-state index in [0.717, 1.165) is 12.3 Å². The largest absolute Gasteiger partial charge is 0.487 e. The van der Waals surface area contributed by atoms with Crippen molar-refractivity contribution in [2.45, 2.75) is 37.6 Å². The van der Waals surface area contributed by atoms with Crippen LogP contribution < -0.4 is 10.5 Å². The molecular formula is C20H19F3N4O2. The first-order valence-electron chi connectivity index (χ1n) is 8.93. The number of aromatic nitrogens is 1. The summed E-state index contributed by atoms with van der Waals surface area (Å²) in [6.07, 6.45) is -2.14. The predicted molar refractivity (Wildman–Crippen MR) is 100 cm³/mol. The highest BCUT2D eigenvalue weighted by atomic mass is 19.4. The highest BCUT2D eigenvalue weighted by molar-refractivity contribution is 6.07. The van der Waals surface area contributed by atoms with E-state index in [-0.39, 0.29) is 23.9 Å². The molecule has 152 valence electrons. The number of fused-ring (bicyclic) bond motifs is 2. The van der Waals surface area contributed by atoms with Crippen molar-refractivity contribution < 1.29 is 22.7 Å². The number of pyridine rings is 1. The van der Waals surface area contributed by atoms with Crippen LogP contribution in [-0.2, 0) is 16.5 Å². The quantitative estimate of drug-likeness (QED) is 0.791. The van der Waals surface area contributed by atoms with Crippen LogP contribution in [0, 0.1) is 0 Å². The van der Waals surface area contributed by atoms with Gasteiger partial charge in [-0.15, -0.1) is 0 Å². The Morgan fingerprint density at radius 3 is 2.52 bits per heavy atom. The number of guanidine groups is 1. The zero-order valence-corrected chi connectivity index (χ0v) is 16.0. The molecule has 6 nitrogen and oxygen atoms in total. The normalized spacial score (nSPS) is 23.0. The molecule has 0 radical (unpaired) electrons. The standard InChI is InChI=1S/C20H19F3N4O2/c1-18(2)10-19(16(28)27(3)17(24)26-19)14-7-11(4-5-15(14)29-18)12-6-13(9-25-8-12)20(21,22)23/h4-9H,10H2,1-3H3,(H2,24,26). The molecule has 1 unspecified atom stereocenters. The van der Waals surface area contributed by atoms with E-state index in [0.29, 0.717) is 16.9 Å². The molecule has 1 amide bonds. The first-order chi connectivity index (χ1) is 13.4. The number of rotatable bonds is 1. The molecule has 3 heterocycles. The summed E-state index contributed by atoms with van der Waals surface area (Å²) in [4.78, 5) is 22.6. The van der Waals surface area contributed by atoms with E-state index in [1.165, 1.54) is 11.1 Å². The number of hydrogen-bond acceptors (Lipinski definition) is 5. The molecule has 2 aliphatic heterocycles. The van der Waals surface area contributed by atoms with Crippen molar-refractivity contribution in [2.24, 2.45) is 10.7 Å². The molecule has 0 bridgehead atoms. The minimum atomic E-state index is -4.51. The van der Waals surface area contributed by atoms with Gasteiger partial charge >= 0.3 is 6.18 Å². The lowest BCUT2D eigenvalue weighted by molar-refractivity contribution is -0.137. The van der Waals surface area contributed by atoms with Crippen molar-refractivity contribution in [3.63, 3.8) is 0 Å². The van der Waals surface area contributed by atoms with Gasteiger partial charge in [-0.25, -0.2) is 4.99 Å². The average molecular weight is 404 g/mol. The molecule has 2 N–H and O–H groups in total. The van der Waals surface area contributed by atoms with Gasteiger partial charge in [-0.2, -0.15) is 13.2 Å². The van der Waals surface area contributed by atoms with E-state index in [4.69, 9.17) is 10.5 Å². The number of carbonyl (C=O) groups excluding carboxylic acids is 1. The lowest BCUT2D eigenvalue weighted by Gasteiger charge is -2.41. The average Bonchev–Trinajstić information content (AvgIpc) is 2.84. The minimum Gasteiger partial charge on any atom is -0.487 e. The van der Waals surface area contributed by atoms with Crippen LogP contribution in [0.3, 0.4) is 0 Å². The molecule has 0 saturated carbocycles. The summed E-state index contributed by atoms with van der Waals surface area (Å²) >= 11 is 0. The SMILES string of the molecule is CN1C(=O)C2(CC(C)(C)Oc3ccc(-c4cncc(C(F)(F)F)c4)cc32)N=C1N. The molecule has 1 spiro atoms. The van der Waals surface area contributed by atoms with Crippen LogP contribution in [0.25, 0.3) is 11.1 Å². The van der Waals surface area contributed by atoms with Gasteiger partial charge < -0.3 is 10.5 Å². The summed E-state index contributed by atoms with van der Waals surface area (Å²) < 4.78 is 45.3. The molecular weight excluding hydrogens is 385 g/mol. The van der Waals surface area contributed by atoms with Crippen LogP contribution in [0.5, 0.6) is 5.75 Å². The highest BCUT2D eigenvalue weighted by Gasteiger charge is 2.55. The van der Waals surface area contributed by atoms with E-state index in [2.05, 4.69) is 9.98 Å². The number of nitrogens with two attached hydrogens (primary N) is 1. The van der Waals surface area contributed by atoms with Gasteiger partial charge in [0, 0.05) is 37.0 Å². The first kappa shape index (κ1) is 19.2. The second-order valence-corrected chi connectivity index (χ2v) is 7.90. The number of hydrogen-bond donors (Lipinski definition) is 1. The van der Waals surface area contributed by atoms with Crippen molar-refractivity contribution in [1.82, 2.24) is 9.88 Å². The van der Waals surface area contributed by atoms with Crippen molar-refractivity contribution in [1.29, 1.82) is 0 Å². The maximum atomic E-state index is 13.1. The van der Waals surface area contributed by atoms with Gasteiger partial charge in [-0.3, -0.25) is 14.7 Å². The Hall–Kier alpha value is -3.10. The summed E-state index contributed by atoms with van der Waals surface area (Å²) in [6.45, 7) is 3.69. The summed E-state index contributed by atoms with van der Waals surface area (Å²) in [6, 6.07) is 5.94. The Morgan fingerprint density at radius 1 is 1.17 bits per heavy atom. The number of amides is 1.